The molecule has 0 aromatic heterocycles. The van der Waals surface area contributed by atoms with Crippen molar-refractivity contribution < 1.29 is 14.3 Å². The van der Waals surface area contributed by atoms with Crippen molar-refractivity contribution in [3.8, 4) is 11.5 Å². The lowest BCUT2D eigenvalue weighted by atomic mass is 9.94. The molecule has 0 aromatic carbocycles. The molecule has 0 radical (unpaired) electrons. The third-order valence-electron chi connectivity index (χ3n) is 3.73. The zero-order chi connectivity index (χ0) is 16.4. The number of carbonyl (C=O) groups is 2. The summed E-state index contributed by atoms with van der Waals surface area (Å²) in [5.74, 6) is 2.85. The van der Waals surface area contributed by atoms with Crippen molar-refractivity contribution in [2.75, 3.05) is 6.61 Å². The molecule has 2 amide bonds. The second kappa shape index (κ2) is 6.65. The number of nitrogens with zero attached hydrogens (tertiary/aromatic N) is 1. The maximum Gasteiger partial charge on any atom is 0.416 e. The fraction of sp³-hybridized carbons (Fsp3) is 0.750. The van der Waals surface area contributed by atoms with Crippen molar-refractivity contribution in [1.29, 1.82) is 0 Å². The first-order valence-electron chi connectivity index (χ1n) is 7.57. The van der Waals surface area contributed by atoms with Crippen molar-refractivity contribution in [2.45, 2.75) is 53.4 Å². The highest BCUT2D eigenvalue weighted by Gasteiger charge is 2.41. The molecule has 1 fully saturated rings. The highest BCUT2D eigenvalue weighted by atomic mass is 28.3. The van der Waals surface area contributed by atoms with Gasteiger partial charge in [0.15, 0.2) is 0 Å². The molecular weight excluding hydrogens is 282 g/mol. The smallest absolute Gasteiger partial charge is 0.416 e. The number of imide groups is 1. The lowest BCUT2D eigenvalue weighted by Crippen LogP contribution is -2.45. The SMILES string of the molecule is CC(C)[C@H]1COC(=O)N1C(=O)[C@H](C)[C@@H](C)C#C[Si](C)(C)C. The summed E-state index contributed by atoms with van der Waals surface area (Å²) in [5.41, 5.74) is 3.30. The summed E-state index contributed by atoms with van der Waals surface area (Å²) >= 11 is 0. The van der Waals surface area contributed by atoms with Crippen LogP contribution in [0.5, 0.6) is 0 Å². The molecule has 1 aliphatic rings. The van der Waals surface area contributed by atoms with Gasteiger partial charge in [-0.05, 0) is 5.92 Å². The van der Waals surface area contributed by atoms with Crippen LogP contribution in [0, 0.1) is 29.2 Å². The topological polar surface area (TPSA) is 46.6 Å². The second-order valence-corrected chi connectivity index (χ2v) is 11.9. The van der Waals surface area contributed by atoms with E-state index in [1.165, 1.54) is 4.90 Å². The van der Waals surface area contributed by atoms with E-state index in [0.29, 0.717) is 6.61 Å². The third-order valence-corrected chi connectivity index (χ3v) is 4.62. The second-order valence-electron chi connectivity index (χ2n) is 7.19. The number of amides is 2. The summed E-state index contributed by atoms with van der Waals surface area (Å²) in [6.07, 6.45) is -0.518. The van der Waals surface area contributed by atoms with E-state index in [4.69, 9.17) is 4.74 Å². The zero-order valence-electron chi connectivity index (χ0n) is 14.2. The summed E-state index contributed by atoms with van der Waals surface area (Å²) in [6.45, 7) is 14.6. The van der Waals surface area contributed by atoms with Gasteiger partial charge in [0.2, 0.25) is 5.91 Å². The average Bonchev–Trinajstić information content (AvgIpc) is 2.75. The van der Waals surface area contributed by atoms with Gasteiger partial charge in [0, 0.05) is 11.8 Å². The number of ether oxygens (including phenoxy) is 1. The van der Waals surface area contributed by atoms with Gasteiger partial charge in [0.05, 0.1) is 6.04 Å². The highest BCUT2D eigenvalue weighted by Crippen LogP contribution is 2.24. The van der Waals surface area contributed by atoms with Crippen LogP contribution in [0.15, 0.2) is 0 Å². The Morgan fingerprint density at radius 2 is 1.86 bits per heavy atom. The average molecular weight is 309 g/mol. The Balaban J connectivity index is 2.85. The molecule has 21 heavy (non-hydrogen) atoms. The standard InChI is InChI=1S/C16H27NO3Si/c1-11(2)14-10-20-16(19)17(14)15(18)13(4)12(3)8-9-21(5,6)7/h11-14H,10H2,1-7H3/t12-,13+,14+/m0/s1. The first kappa shape index (κ1) is 17.8. The van der Waals surface area contributed by atoms with Gasteiger partial charge in [0.1, 0.15) is 14.7 Å². The van der Waals surface area contributed by atoms with Crippen LogP contribution in [0.1, 0.15) is 27.7 Å². The Bertz CT molecular complexity index is 470. The largest absolute Gasteiger partial charge is 0.447 e. The minimum absolute atomic E-state index is 0.0644. The van der Waals surface area contributed by atoms with E-state index < -0.39 is 14.2 Å². The Hall–Kier alpha value is -1.28. The Morgan fingerprint density at radius 1 is 1.29 bits per heavy atom. The van der Waals surface area contributed by atoms with Gasteiger partial charge in [-0.2, -0.15) is 0 Å². The molecule has 0 bridgehead atoms. The van der Waals surface area contributed by atoms with Gasteiger partial charge < -0.3 is 4.74 Å². The molecule has 1 saturated heterocycles. The molecule has 4 nitrogen and oxygen atoms in total. The van der Waals surface area contributed by atoms with Gasteiger partial charge >= 0.3 is 6.09 Å². The lowest BCUT2D eigenvalue weighted by Gasteiger charge is -2.26. The molecule has 0 saturated carbocycles. The predicted octanol–water partition coefficient (Wildman–Crippen LogP) is 3.14. The molecule has 118 valence electrons. The van der Waals surface area contributed by atoms with Crippen molar-refractivity contribution in [1.82, 2.24) is 4.90 Å². The quantitative estimate of drug-likeness (QED) is 0.594. The molecule has 1 rings (SSSR count). The fourth-order valence-corrected chi connectivity index (χ4v) is 2.73. The first-order valence-corrected chi connectivity index (χ1v) is 11.1. The minimum atomic E-state index is -1.45. The fourth-order valence-electron chi connectivity index (χ4n) is 2.07. The van der Waals surface area contributed by atoms with Crippen molar-refractivity contribution in [2.24, 2.45) is 17.8 Å². The Labute approximate surface area is 129 Å². The molecule has 0 N–H and O–H groups in total. The molecule has 1 aliphatic heterocycles. The van der Waals surface area contributed by atoms with Gasteiger partial charge in [-0.1, -0.05) is 47.3 Å². The summed E-state index contributed by atoms with van der Waals surface area (Å²) in [6, 6.07) is -0.162. The van der Waals surface area contributed by atoms with Crippen LogP contribution in [0.2, 0.25) is 19.6 Å². The number of cyclic esters (lactones) is 1. The van der Waals surface area contributed by atoms with Gasteiger partial charge in [0.25, 0.3) is 0 Å². The Morgan fingerprint density at radius 3 is 2.33 bits per heavy atom. The molecule has 5 heteroatoms. The van der Waals surface area contributed by atoms with Crippen LogP contribution in [0.25, 0.3) is 0 Å². The van der Waals surface area contributed by atoms with E-state index in [2.05, 4.69) is 31.1 Å². The molecule has 0 unspecified atom stereocenters. The van der Waals surface area contributed by atoms with Crippen LogP contribution in [-0.2, 0) is 9.53 Å². The maximum absolute atomic E-state index is 12.6. The summed E-state index contributed by atoms with van der Waals surface area (Å²) in [5, 5.41) is 0. The summed E-state index contributed by atoms with van der Waals surface area (Å²) < 4.78 is 5.04. The van der Waals surface area contributed by atoms with Gasteiger partial charge in [-0.25, -0.2) is 9.69 Å². The normalized spacial score (nSPS) is 21.6. The third kappa shape index (κ3) is 4.60. The molecule has 0 spiro atoms. The van der Waals surface area contributed by atoms with E-state index in [9.17, 15) is 9.59 Å². The van der Waals surface area contributed by atoms with Crippen molar-refractivity contribution in [3.05, 3.63) is 0 Å². The van der Waals surface area contributed by atoms with E-state index in [0.717, 1.165) is 0 Å². The zero-order valence-corrected chi connectivity index (χ0v) is 15.2. The van der Waals surface area contributed by atoms with Crippen LogP contribution in [0.4, 0.5) is 4.79 Å². The highest BCUT2D eigenvalue weighted by molar-refractivity contribution is 6.83. The van der Waals surface area contributed by atoms with Crippen molar-refractivity contribution >= 4 is 20.1 Å². The van der Waals surface area contributed by atoms with E-state index in [1.807, 2.05) is 27.7 Å². The number of hydrogen-bond acceptors (Lipinski definition) is 3. The van der Waals surface area contributed by atoms with E-state index in [-0.39, 0.29) is 29.7 Å². The van der Waals surface area contributed by atoms with Crippen LogP contribution < -0.4 is 0 Å². The van der Waals surface area contributed by atoms with Crippen LogP contribution in [-0.4, -0.2) is 37.6 Å². The van der Waals surface area contributed by atoms with Gasteiger partial charge in [-0.3, -0.25) is 4.79 Å². The number of rotatable bonds is 3. The lowest BCUT2D eigenvalue weighted by molar-refractivity contribution is -0.134. The van der Waals surface area contributed by atoms with Crippen molar-refractivity contribution in [3.63, 3.8) is 0 Å². The molecule has 3 atom stereocenters. The van der Waals surface area contributed by atoms with E-state index >= 15 is 0 Å². The molecule has 0 aromatic rings. The maximum atomic E-state index is 12.6. The first-order chi connectivity index (χ1) is 9.54. The molecule has 0 aliphatic carbocycles. The Kier molecular flexibility index (Phi) is 5.63. The summed E-state index contributed by atoms with van der Waals surface area (Å²) in [4.78, 5) is 25.7. The molecule has 1 heterocycles. The van der Waals surface area contributed by atoms with E-state index in [1.54, 1.807) is 0 Å². The summed E-state index contributed by atoms with van der Waals surface area (Å²) in [7, 11) is -1.45. The van der Waals surface area contributed by atoms with Crippen LogP contribution in [0.3, 0.4) is 0 Å². The van der Waals surface area contributed by atoms with Crippen LogP contribution >= 0.6 is 0 Å². The molecular formula is C16H27NO3Si. The minimum Gasteiger partial charge on any atom is -0.447 e. The number of carbonyl (C=O) groups excluding carboxylic acids is 2. The number of hydrogen-bond donors (Lipinski definition) is 0. The predicted molar refractivity (Wildman–Crippen MR) is 86.3 cm³/mol. The van der Waals surface area contributed by atoms with Gasteiger partial charge in [-0.15, -0.1) is 11.5 Å². The monoisotopic (exact) mass is 309 g/mol.